The van der Waals surface area contributed by atoms with Crippen LogP contribution in [0.5, 0.6) is 0 Å². The maximum atomic E-state index is 11.3. The van der Waals surface area contributed by atoms with Gasteiger partial charge in [0.15, 0.2) is 5.78 Å². The Bertz CT molecular complexity index is 570. The third-order valence-electron chi connectivity index (χ3n) is 3.34. The van der Waals surface area contributed by atoms with Crippen LogP contribution in [0.1, 0.15) is 39.5 Å². The number of aryl methyl sites for hydroxylation is 3. The van der Waals surface area contributed by atoms with Crippen molar-refractivity contribution in [2.24, 2.45) is 0 Å². The monoisotopic (exact) mass is 241 g/mol. The van der Waals surface area contributed by atoms with E-state index in [1.165, 1.54) is 22.3 Å². The van der Waals surface area contributed by atoms with Crippen molar-refractivity contribution < 1.29 is 4.79 Å². The van der Waals surface area contributed by atoms with Gasteiger partial charge < -0.3 is 4.57 Å². The maximum absolute atomic E-state index is 11.3. The van der Waals surface area contributed by atoms with E-state index in [0.29, 0.717) is 0 Å². The van der Waals surface area contributed by atoms with Gasteiger partial charge in [0.05, 0.1) is 0 Å². The molecular weight excluding hydrogens is 222 g/mol. The van der Waals surface area contributed by atoms with E-state index in [0.717, 1.165) is 12.1 Å². The average molecular weight is 241 g/mol. The van der Waals surface area contributed by atoms with Crippen molar-refractivity contribution in [3.63, 3.8) is 0 Å². The molecule has 2 aromatic rings. The minimum Gasteiger partial charge on any atom is -0.349 e. The lowest BCUT2D eigenvalue weighted by atomic mass is 10.00. The van der Waals surface area contributed by atoms with Crippen LogP contribution in [-0.2, 0) is 6.54 Å². The van der Waals surface area contributed by atoms with E-state index in [9.17, 15) is 4.79 Å². The number of benzene rings is 1. The molecule has 0 aliphatic rings. The molecule has 2 nitrogen and oxygen atoms in total. The molecule has 0 aliphatic carbocycles. The molecule has 0 fully saturated rings. The minimum absolute atomic E-state index is 0.117. The predicted molar refractivity (Wildman–Crippen MR) is 74.2 cm³/mol. The number of ketones is 1. The van der Waals surface area contributed by atoms with Crippen LogP contribution in [0.4, 0.5) is 0 Å². The summed E-state index contributed by atoms with van der Waals surface area (Å²) in [6.07, 6.45) is 3.89. The van der Waals surface area contributed by atoms with Gasteiger partial charge in [0.25, 0.3) is 0 Å². The van der Waals surface area contributed by atoms with Gasteiger partial charge in [0, 0.05) is 24.5 Å². The zero-order valence-corrected chi connectivity index (χ0v) is 11.4. The van der Waals surface area contributed by atoms with Gasteiger partial charge in [-0.2, -0.15) is 0 Å². The quantitative estimate of drug-likeness (QED) is 0.752. The van der Waals surface area contributed by atoms with E-state index in [4.69, 9.17) is 0 Å². The second-order valence-electron chi connectivity index (χ2n) is 5.01. The predicted octanol–water partition coefficient (Wildman–Crippen LogP) is 3.66. The molecule has 1 heterocycles. The molecule has 0 spiro atoms. The maximum Gasteiger partial charge on any atom is 0.161 e. The fourth-order valence-electron chi connectivity index (χ4n) is 2.39. The largest absolute Gasteiger partial charge is 0.349 e. The molecule has 0 unspecified atom stereocenters. The summed E-state index contributed by atoms with van der Waals surface area (Å²) in [5.41, 5.74) is 6.03. The second-order valence-corrected chi connectivity index (χ2v) is 5.01. The fraction of sp³-hybridized carbons (Fsp3) is 0.312. The first kappa shape index (κ1) is 12.6. The second kappa shape index (κ2) is 4.81. The first-order valence-electron chi connectivity index (χ1n) is 6.21. The van der Waals surface area contributed by atoms with Crippen molar-refractivity contribution in [2.75, 3.05) is 0 Å². The van der Waals surface area contributed by atoms with Crippen molar-refractivity contribution in [3.8, 4) is 0 Å². The molecule has 18 heavy (non-hydrogen) atoms. The van der Waals surface area contributed by atoms with Gasteiger partial charge in [-0.15, -0.1) is 0 Å². The van der Waals surface area contributed by atoms with Gasteiger partial charge in [-0.3, -0.25) is 4.79 Å². The van der Waals surface area contributed by atoms with Crippen LogP contribution in [0.25, 0.3) is 0 Å². The lowest BCUT2D eigenvalue weighted by Gasteiger charge is -2.12. The van der Waals surface area contributed by atoms with Crippen molar-refractivity contribution in [2.45, 2.75) is 34.2 Å². The Kier molecular flexibility index (Phi) is 3.37. The lowest BCUT2D eigenvalue weighted by molar-refractivity contribution is 0.101. The molecule has 2 rings (SSSR count). The highest BCUT2D eigenvalue weighted by atomic mass is 16.1. The van der Waals surface area contributed by atoms with Crippen LogP contribution in [0.15, 0.2) is 30.6 Å². The summed E-state index contributed by atoms with van der Waals surface area (Å²) in [7, 11) is 0. The van der Waals surface area contributed by atoms with Gasteiger partial charge in [-0.05, 0) is 50.5 Å². The number of aromatic nitrogens is 1. The Morgan fingerprint density at radius 2 is 1.78 bits per heavy atom. The fourth-order valence-corrected chi connectivity index (χ4v) is 2.39. The van der Waals surface area contributed by atoms with Gasteiger partial charge in [0.2, 0.25) is 0 Å². The third kappa shape index (κ3) is 2.53. The third-order valence-corrected chi connectivity index (χ3v) is 3.34. The van der Waals surface area contributed by atoms with E-state index >= 15 is 0 Å². The van der Waals surface area contributed by atoms with Crippen LogP contribution in [-0.4, -0.2) is 10.4 Å². The topological polar surface area (TPSA) is 22.0 Å². The Balaban J connectivity index is 2.31. The number of hydrogen-bond donors (Lipinski definition) is 0. The number of Topliss-reactive ketones (excluding diaryl/α,β-unsaturated/α-hetero) is 1. The molecule has 0 N–H and O–H groups in total. The molecule has 94 valence electrons. The van der Waals surface area contributed by atoms with Crippen LogP contribution in [0, 0.1) is 20.8 Å². The number of carbonyl (C=O) groups is 1. The zero-order valence-electron chi connectivity index (χ0n) is 11.4. The smallest absolute Gasteiger partial charge is 0.161 e. The highest BCUT2D eigenvalue weighted by molar-refractivity contribution is 5.93. The normalized spacial score (nSPS) is 10.7. The summed E-state index contributed by atoms with van der Waals surface area (Å²) >= 11 is 0. The van der Waals surface area contributed by atoms with Gasteiger partial charge in [0.1, 0.15) is 0 Å². The Hall–Kier alpha value is -1.83. The average Bonchev–Trinajstić information content (AvgIpc) is 2.71. The molecule has 1 aromatic carbocycles. The SMILES string of the molecule is CC(=O)c1ccn(Cc2c(C)cc(C)cc2C)c1. The summed E-state index contributed by atoms with van der Waals surface area (Å²) in [4.78, 5) is 11.3. The molecule has 0 amide bonds. The first-order chi connectivity index (χ1) is 8.47. The summed E-state index contributed by atoms with van der Waals surface area (Å²) in [5.74, 6) is 0.117. The lowest BCUT2D eigenvalue weighted by Crippen LogP contribution is -2.02. The molecule has 0 saturated heterocycles. The van der Waals surface area contributed by atoms with Crippen LogP contribution in [0.2, 0.25) is 0 Å². The molecule has 0 aliphatic heterocycles. The molecular formula is C16H19NO. The van der Waals surface area contributed by atoms with Crippen LogP contribution < -0.4 is 0 Å². The Morgan fingerprint density at radius 3 is 2.28 bits per heavy atom. The molecule has 0 radical (unpaired) electrons. The van der Waals surface area contributed by atoms with E-state index < -0.39 is 0 Å². The van der Waals surface area contributed by atoms with Crippen molar-refractivity contribution in [1.29, 1.82) is 0 Å². The molecule has 0 saturated carbocycles. The first-order valence-corrected chi connectivity index (χ1v) is 6.21. The van der Waals surface area contributed by atoms with Crippen molar-refractivity contribution in [1.82, 2.24) is 4.57 Å². The van der Waals surface area contributed by atoms with Gasteiger partial charge in [-0.25, -0.2) is 0 Å². The highest BCUT2D eigenvalue weighted by Crippen LogP contribution is 2.18. The molecule has 2 heteroatoms. The summed E-state index contributed by atoms with van der Waals surface area (Å²) in [6, 6.07) is 6.29. The van der Waals surface area contributed by atoms with Crippen LogP contribution in [0.3, 0.4) is 0 Å². The van der Waals surface area contributed by atoms with Crippen molar-refractivity contribution in [3.05, 3.63) is 58.4 Å². The minimum atomic E-state index is 0.117. The number of carbonyl (C=O) groups excluding carboxylic acids is 1. The van der Waals surface area contributed by atoms with E-state index in [-0.39, 0.29) is 5.78 Å². The van der Waals surface area contributed by atoms with Gasteiger partial charge >= 0.3 is 0 Å². The molecule has 0 atom stereocenters. The highest BCUT2D eigenvalue weighted by Gasteiger charge is 2.06. The standard InChI is InChI=1S/C16H19NO/c1-11-7-12(2)16(13(3)8-11)10-17-6-5-15(9-17)14(4)18/h5-9H,10H2,1-4H3. The van der Waals surface area contributed by atoms with Crippen LogP contribution >= 0.6 is 0 Å². The molecule has 0 bridgehead atoms. The number of nitrogens with zero attached hydrogens (tertiary/aromatic N) is 1. The van der Waals surface area contributed by atoms with E-state index in [1.807, 2.05) is 18.5 Å². The van der Waals surface area contributed by atoms with Gasteiger partial charge in [-0.1, -0.05) is 17.7 Å². The Labute approximate surface area is 108 Å². The summed E-state index contributed by atoms with van der Waals surface area (Å²) in [6.45, 7) is 8.83. The summed E-state index contributed by atoms with van der Waals surface area (Å²) < 4.78 is 2.07. The van der Waals surface area contributed by atoms with Crippen molar-refractivity contribution >= 4 is 5.78 Å². The van der Waals surface area contributed by atoms with E-state index in [1.54, 1.807) is 6.92 Å². The molecule has 1 aromatic heterocycles. The summed E-state index contributed by atoms with van der Waals surface area (Å²) in [5, 5.41) is 0. The number of rotatable bonds is 3. The number of hydrogen-bond acceptors (Lipinski definition) is 1. The van der Waals surface area contributed by atoms with E-state index in [2.05, 4.69) is 37.5 Å². The zero-order chi connectivity index (χ0) is 13.3. The Morgan fingerprint density at radius 1 is 1.17 bits per heavy atom.